The molecule has 3 amide bonds. The van der Waals surface area contributed by atoms with Crippen molar-refractivity contribution in [3.8, 4) is 0 Å². The molecule has 1 unspecified atom stereocenters. The standard InChI is InChI=1S/C22H23IN4O2/c1-12(2)18-21(28)27(22(29)26-18)19(13(3)14-7-5-4-6-8-14)20-24-16-10-9-15(23)11-17(16)25-20/h4-13,18-19H,1-3H3,(H,24,25)(H,26,29)/t13-,18?,19-/m0/s1. The Balaban J connectivity index is 1.83. The number of carbonyl (C=O) groups is 2. The molecule has 2 aromatic carbocycles. The predicted octanol–water partition coefficient (Wildman–Crippen LogP) is 4.59. The summed E-state index contributed by atoms with van der Waals surface area (Å²) in [6.45, 7) is 5.90. The first-order valence-electron chi connectivity index (χ1n) is 9.70. The number of hydrogen-bond donors (Lipinski definition) is 2. The summed E-state index contributed by atoms with van der Waals surface area (Å²) < 4.78 is 1.09. The van der Waals surface area contributed by atoms with E-state index in [9.17, 15) is 9.59 Å². The van der Waals surface area contributed by atoms with Crippen LogP contribution in [0.4, 0.5) is 4.79 Å². The SMILES string of the molecule is CC(C)C1NC(=O)N([C@H](c2nc3ccc(I)cc3[nH]2)[C@@H](C)c2ccccc2)C1=O. The maximum absolute atomic E-state index is 13.2. The number of H-pyrrole nitrogens is 1. The van der Waals surface area contributed by atoms with E-state index in [2.05, 4.69) is 32.9 Å². The first kappa shape index (κ1) is 19.9. The van der Waals surface area contributed by atoms with Gasteiger partial charge in [-0.15, -0.1) is 0 Å². The minimum absolute atomic E-state index is 0.0152. The van der Waals surface area contributed by atoms with Gasteiger partial charge in [0.25, 0.3) is 5.91 Å². The Morgan fingerprint density at radius 1 is 1.07 bits per heavy atom. The maximum Gasteiger partial charge on any atom is 0.325 e. The Morgan fingerprint density at radius 2 is 1.79 bits per heavy atom. The number of carbonyl (C=O) groups excluding carboxylic acids is 2. The third kappa shape index (κ3) is 3.63. The summed E-state index contributed by atoms with van der Waals surface area (Å²) in [5.41, 5.74) is 2.75. The van der Waals surface area contributed by atoms with E-state index in [-0.39, 0.29) is 23.8 Å². The molecule has 0 saturated carbocycles. The van der Waals surface area contributed by atoms with Crippen molar-refractivity contribution in [1.29, 1.82) is 0 Å². The van der Waals surface area contributed by atoms with Gasteiger partial charge in [0.15, 0.2) is 0 Å². The lowest BCUT2D eigenvalue weighted by atomic mass is 9.91. The molecule has 4 rings (SSSR count). The van der Waals surface area contributed by atoms with Gasteiger partial charge in [0.2, 0.25) is 0 Å². The Morgan fingerprint density at radius 3 is 2.45 bits per heavy atom. The summed E-state index contributed by atoms with van der Waals surface area (Å²) in [7, 11) is 0. The van der Waals surface area contributed by atoms with Gasteiger partial charge >= 0.3 is 6.03 Å². The van der Waals surface area contributed by atoms with Crippen LogP contribution in [0.25, 0.3) is 11.0 Å². The minimum Gasteiger partial charge on any atom is -0.340 e. The van der Waals surface area contributed by atoms with Gasteiger partial charge in [-0.25, -0.2) is 9.78 Å². The highest BCUT2D eigenvalue weighted by Crippen LogP contribution is 2.37. The van der Waals surface area contributed by atoms with Crippen LogP contribution in [-0.4, -0.2) is 32.8 Å². The van der Waals surface area contributed by atoms with Gasteiger partial charge in [0.1, 0.15) is 17.9 Å². The molecule has 0 bridgehead atoms. The van der Waals surface area contributed by atoms with Crippen LogP contribution in [0, 0.1) is 9.49 Å². The number of imidazole rings is 1. The molecule has 1 fully saturated rings. The van der Waals surface area contributed by atoms with Crippen molar-refractivity contribution in [3.05, 3.63) is 63.5 Å². The van der Waals surface area contributed by atoms with Gasteiger partial charge in [-0.3, -0.25) is 9.69 Å². The van der Waals surface area contributed by atoms with Gasteiger partial charge in [0, 0.05) is 9.49 Å². The van der Waals surface area contributed by atoms with E-state index in [0.29, 0.717) is 5.82 Å². The van der Waals surface area contributed by atoms with Crippen LogP contribution >= 0.6 is 22.6 Å². The lowest BCUT2D eigenvalue weighted by Crippen LogP contribution is -2.39. The van der Waals surface area contributed by atoms with Crippen LogP contribution in [0.3, 0.4) is 0 Å². The number of hydrogen-bond acceptors (Lipinski definition) is 3. The number of fused-ring (bicyclic) bond motifs is 1. The molecule has 3 atom stereocenters. The number of nitrogens with zero attached hydrogens (tertiary/aromatic N) is 2. The summed E-state index contributed by atoms with van der Waals surface area (Å²) in [5.74, 6) is 0.303. The molecule has 2 N–H and O–H groups in total. The highest BCUT2D eigenvalue weighted by Gasteiger charge is 2.46. The van der Waals surface area contributed by atoms with Gasteiger partial charge in [-0.05, 0) is 52.3 Å². The maximum atomic E-state index is 13.2. The van der Waals surface area contributed by atoms with E-state index in [1.165, 1.54) is 4.90 Å². The normalized spacial score (nSPS) is 19.1. The molecule has 7 heteroatoms. The molecule has 0 aliphatic carbocycles. The summed E-state index contributed by atoms with van der Waals surface area (Å²) in [5, 5.41) is 2.85. The lowest BCUT2D eigenvalue weighted by molar-refractivity contribution is -0.130. The van der Waals surface area contributed by atoms with E-state index >= 15 is 0 Å². The third-order valence-corrected chi connectivity index (χ3v) is 6.16. The van der Waals surface area contributed by atoms with Gasteiger partial charge < -0.3 is 10.3 Å². The number of imide groups is 1. The van der Waals surface area contributed by atoms with E-state index in [0.717, 1.165) is 20.2 Å². The molecule has 1 aliphatic rings. The summed E-state index contributed by atoms with van der Waals surface area (Å²) >= 11 is 2.26. The van der Waals surface area contributed by atoms with Crippen molar-refractivity contribution in [2.75, 3.05) is 0 Å². The largest absolute Gasteiger partial charge is 0.340 e. The van der Waals surface area contributed by atoms with Crippen molar-refractivity contribution in [3.63, 3.8) is 0 Å². The zero-order chi connectivity index (χ0) is 20.7. The van der Waals surface area contributed by atoms with E-state index in [1.807, 2.05) is 69.3 Å². The van der Waals surface area contributed by atoms with Crippen LogP contribution < -0.4 is 5.32 Å². The zero-order valence-corrected chi connectivity index (χ0v) is 18.7. The summed E-state index contributed by atoms with van der Waals surface area (Å²) in [4.78, 5) is 35.5. The molecule has 0 spiro atoms. The smallest absolute Gasteiger partial charge is 0.325 e. The van der Waals surface area contributed by atoms with Crippen molar-refractivity contribution >= 4 is 45.6 Å². The molecule has 1 aliphatic heterocycles. The Hall–Kier alpha value is -2.42. The molecule has 0 radical (unpaired) electrons. The number of nitrogens with one attached hydrogen (secondary N) is 2. The monoisotopic (exact) mass is 502 g/mol. The number of aromatic nitrogens is 2. The molecule has 2 heterocycles. The van der Waals surface area contributed by atoms with Gasteiger partial charge in [-0.1, -0.05) is 51.1 Å². The van der Waals surface area contributed by atoms with Crippen molar-refractivity contribution in [2.45, 2.75) is 38.8 Å². The second-order valence-electron chi connectivity index (χ2n) is 7.81. The Labute approximate surface area is 183 Å². The van der Waals surface area contributed by atoms with Crippen LogP contribution in [0.2, 0.25) is 0 Å². The quantitative estimate of drug-likeness (QED) is 0.396. The van der Waals surface area contributed by atoms with Crippen molar-refractivity contribution < 1.29 is 9.59 Å². The molecule has 1 aromatic heterocycles. The topological polar surface area (TPSA) is 78.1 Å². The number of urea groups is 1. The average molecular weight is 502 g/mol. The molecule has 1 saturated heterocycles. The van der Waals surface area contributed by atoms with Gasteiger partial charge in [0.05, 0.1) is 11.0 Å². The minimum atomic E-state index is -0.529. The summed E-state index contributed by atoms with van der Waals surface area (Å²) in [6.07, 6.45) is 0. The van der Waals surface area contributed by atoms with E-state index in [4.69, 9.17) is 4.98 Å². The Kier molecular flexibility index (Phi) is 5.33. The molecular formula is C22H23IN4O2. The fraction of sp³-hybridized carbons (Fsp3) is 0.318. The Bertz CT molecular complexity index is 1060. The summed E-state index contributed by atoms with van der Waals surface area (Å²) in [6, 6.07) is 14.5. The van der Waals surface area contributed by atoms with Gasteiger partial charge in [-0.2, -0.15) is 0 Å². The first-order chi connectivity index (χ1) is 13.9. The van der Waals surface area contributed by atoms with Crippen molar-refractivity contribution in [2.24, 2.45) is 5.92 Å². The number of rotatable bonds is 5. The molecule has 3 aromatic rings. The molecular weight excluding hydrogens is 479 g/mol. The lowest BCUT2D eigenvalue weighted by Gasteiger charge is -2.29. The number of benzene rings is 2. The van der Waals surface area contributed by atoms with Crippen LogP contribution in [-0.2, 0) is 4.79 Å². The average Bonchev–Trinajstić information content (AvgIpc) is 3.24. The predicted molar refractivity (Wildman–Crippen MR) is 120 cm³/mol. The fourth-order valence-corrected chi connectivity index (χ4v) is 4.38. The highest BCUT2D eigenvalue weighted by molar-refractivity contribution is 14.1. The zero-order valence-electron chi connectivity index (χ0n) is 16.5. The van der Waals surface area contributed by atoms with E-state index < -0.39 is 12.1 Å². The number of halogens is 1. The molecule has 6 nitrogen and oxygen atoms in total. The molecule has 150 valence electrons. The van der Waals surface area contributed by atoms with Crippen LogP contribution in [0.15, 0.2) is 48.5 Å². The molecule has 29 heavy (non-hydrogen) atoms. The van der Waals surface area contributed by atoms with Crippen LogP contribution in [0.5, 0.6) is 0 Å². The number of aromatic amines is 1. The first-order valence-corrected chi connectivity index (χ1v) is 10.8. The van der Waals surface area contributed by atoms with Crippen LogP contribution in [0.1, 0.15) is 44.1 Å². The second kappa shape index (κ2) is 7.78. The van der Waals surface area contributed by atoms with Crippen molar-refractivity contribution in [1.82, 2.24) is 20.2 Å². The van der Waals surface area contributed by atoms with E-state index in [1.54, 1.807) is 0 Å². The number of amides is 3. The highest BCUT2D eigenvalue weighted by atomic mass is 127. The fourth-order valence-electron chi connectivity index (χ4n) is 3.89. The second-order valence-corrected chi connectivity index (χ2v) is 9.05. The third-order valence-electron chi connectivity index (χ3n) is 5.49.